The minimum absolute atomic E-state index is 0.0627. The lowest BCUT2D eigenvalue weighted by Crippen LogP contribution is -2.06. The number of benzene rings is 4. The Kier molecular flexibility index (Phi) is 6.00. The molecule has 0 spiro atoms. The first kappa shape index (κ1) is 25.5. The van der Waals surface area contributed by atoms with Crippen LogP contribution in [0, 0.1) is 0 Å². The van der Waals surface area contributed by atoms with Crippen LogP contribution in [-0.2, 0) is 13.0 Å². The second-order valence-corrected chi connectivity index (χ2v) is 9.62. The Labute approximate surface area is 235 Å². The fraction of sp³-hybridized carbons (Fsp3) is 0.0645. The number of imidazole rings is 2. The van der Waals surface area contributed by atoms with Crippen molar-refractivity contribution in [3.05, 3.63) is 103 Å². The van der Waals surface area contributed by atoms with Gasteiger partial charge in [0.2, 0.25) is 5.95 Å². The van der Waals surface area contributed by atoms with Gasteiger partial charge in [-0.1, -0.05) is 30.3 Å². The molecule has 0 unspecified atom stereocenters. The third-order valence-corrected chi connectivity index (χ3v) is 6.84. The lowest BCUT2D eigenvalue weighted by Gasteiger charge is -2.11. The average molecular weight is 569 g/mol. The van der Waals surface area contributed by atoms with Crippen molar-refractivity contribution in [2.24, 2.45) is 0 Å². The first-order chi connectivity index (χ1) is 20.3. The van der Waals surface area contributed by atoms with Gasteiger partial charge in [0.15, 0.2) is 12.6 Å². The van der Waals surface area contributed by atoms with Gasteiger partial charge in [0.25, 0.3) is 0 Å². The summed E-state index contributed by atoms with van der Waals surface area (Å²) in [5.41, 5.74) is 2.46. The quantitative estimate of drug-likeness (QED) is 0.196. The Hall–Kier alpha value is -5.45. The first-order valence-corrected chi connectivity index (χ1v) is 12.9. The van der Waals surface area contributed by atoms with Gasteiger partial charge in [-0.05, 0) is 59.3 Å². The molecule has 0 aliphatic heterocycles. The van der Waals surface area contributed by atoms with Gasteiger partial charge < -0.3 is 15.0 Å². The Morgan fingerprint density at radius 1 is 0.810 bits per heavy atom. The van der Waals surface area contributed by atoms with Crippen LogP contribution in [0.3, 0.4) is 0 Å². The third-order valence-electron chi connectivity index (χ3n) is 6.84. The summed E-state index contributed by atoms with van der Waals surface area (Å²) in [7, 11) is 0. The molecule has 0 bridgehead atoms. The van der Waals surface area contributed by atoms with E-state index in [0.29, 0.717) is 34.1 Å². The van der Waals surface area contributed by atoms with Crippen molar-refractivity contribution >= 4 is 44.5 Å². The summed E-state index contributed by atoms with van der Waals surface area (Å²) in [6, 6.07) is 25.1. The van der Waals surface area contributed by atoms with Crippen LogP contribution in [0.2, 0.25) is 0 Å². The molecule has 7 aromatic rings. The van der Waals surface area contributed by atoms with Gasteiger partial charge in [-0.15, -0.1) is 0 Å². The Morgan fingerprint density at radius 3 is 2.43 bits per heavy atom. The highest BCUT2D eigenvalue weighted by atomic mass is 19.4. The van der Waals surface area contributed by atoms with Crippen molar-refractivity contribution in [1.82, 2.24) is 24.5 Å². The van der Waals surface area contributed by atoms with Gasteiger partial charge in [-0.25, -0.2) is 14.4 Å². The number of ether oxygens (including phenoxy) is 1. The zero-order valence-electron chi connectivity index (χ0n) is 21.7. The highest BCUT2D eigenvalue weighted by Crippen LogP contribution is 2.33. The SMILES string of the molecule is FCn1c(Nc2cccc(C(F)(F)F)c2)nc2cc(Oc3ccnc(-c4nc5cc6ccccc6cc5[nH]4)c3)ccc21. The fourth-order valence-electron chi connectivity index (χ4n) is 4.85. The van der Waals surface area contributed by atoms with Crippen LogP contribution in [0.1, 0.15) is 5.56 Å². The van der Waals surface area contributed by atoms with Crippen molar-refractivity contribution in [2.45, 2.75) is 13.0 Å². The molecule has 0 aliphatic carbocycles. The molecule has 0 atom stereocenters. The van der Waals surface area contributed by atoms with Gasteiger partial charge in [0, 0.05) is 24.0 Å². The van der Waals surface area contributed by atoms with Gasteiger partial charge in [-0.2, -0.15) is 13.2 Å². The van der Waals surface area contributed by atoms with Crippen LogP contribution < -0.4 is 10.1 Å². The lowest BCUT2D eigenvalue weighted by atomic mass is 10.1. The number of rotatable bonds is 6. The van der Waals surface area contributed by atoms with E-state index in [1.54, 1.807) is 36.5 Å². The molecular formula is C31H20F4N6O. The van der Waals surface area contributed by atoms with Gasteiger partial charge in [-0.3, -0.25) is 9.55 Å². The molecule has 208 valence electrons. The Bertz CT molecular complexity index is 2050. The normalized spacial score (nSPS) is 11.9. The van der Waals surface area contributed by atoms with Crippen LogP contribution in [0.5, 0.6) is 11.5 Å². The van der Waals surface area contributed by atoms with Crippen LogP contribution >= 0.6 is 0 Å². The number of hydrogen-bond acceptors (Lipinski definition) is 5. The molecule has 0 saturated carbocycles. The van der Waals surface area contributed by atoms with Gasteiger partial charge in [0.1, 0.15) is 17.2 Å². The molecule has 0 aliphatic rings. The van der Waals surface area contributed by atoms with Gasteiger partial charge in [0.05, 0.1) is 27.6 Å². The van der Waals surface area contributed by atoms with E-state index in [0.717, 1.165) is 33.9 Å². The van der Waals surface area contributed by atoms with Crippen molar-refractivity contribution in [2.75, 3.05) is 5.32 Å². The topological polar surface area (TPSA) is 80.7 Å². The van der Waals surface area contributed by atoms with Crippen LogP contribution in [0.4, 0.5) is 29.2 Å². The number of pyridine rings is 1. The number of alkyl halides is 4. The van der Waals surface area contributed by atoms with E-state index >= 15 is 0 Å². The number of nitrogens with zero attached hydrogens (tertiary/aromatic N) is 4. The molecule has 2 N–H and O–H groups in total. The van der Waals surface area contributed by atoms with Gasteiger partial charge >= 0.3 is 6.18 Å². The molecule has 0 amide bonds. The number of H-pyrrole nitrogens is 1. The molecule has 4 aromatic carbocycles. The number of fused-ring (bicyclic) bond motifs is 3. The largest absolute Gasteiger partial charge is 0.457 e. The summed E-state index contributed by atoms with van der Waals surface area (Å²) in [6.07, 6.45) is -2.89. The minimum atomic E-state index is -4.50. The van der Waals surface area contributed by atoms with E-state index in [1.807, 2.05) is 36.4 Å². The average Bonchev–Trinajstić information content (AvgIpc) is 3.55. The van der Waals surface area contributed by atoms with E-state index in [4.69, 9.17) is 9.72 Å². The third kappa shape index (κ3) is 4.74. The molecule has 0 fully saturated rings. The first-order valence-electron chi connectivity index (χ1n) is 12.9. The molecule has 7 rings (SSSR count). The molecule has 0 radical (unpaired) electrons. The lowest BCUT2D eigenvalue weighted by molar-refractivity contribution is -0.137. The minimum Gasteiger partial charge on any atom is -0.457 e. The van der Waals surface area contributed by atoms with Crippen molar-refractivity contribution in [3.63, 3.8) is 0 Å². The predicted octanol–water partition coefficient (Wildman–Crippen LogP) is 8.61. The summed E-state index contributed by atoms with van der Waals surface area (Å²) in [6.45, 7) is -0.932. The van der Waals surface area contributed by atoms with Crippen LogP contribution in [-0.4, -0.2) is 24.5 Å². The number of hydrogen-bond donors (Lipinski definition) is 2. The maximum atomic E-state index is 14.0. The Morgan fingerprint density at radius 2 is 1.62 bits per heavy atom. The second-order valence-electron chi connectivity index (χ2n) is 9.62. The summed E-state index contributed by atoms with van der Waals surface area (Å²) in [4.78, 5) is 16.9. The highest BCUT2D eigenvalue weighted by molar-refractivity contribution is 5.96. The maximum Gasteiger partial charge on any atom is 0.416 e. The number of anilines is 2. The van der Waals surface area contributed by atoms with E-state index in [-0.39, 0.29) is 11.6 Å². The van der Waals surface area contributed by atoms with E-state index in [9.17, 15) is 17.6 Å². The monoisotopic (exact) mass is 568 g/mol. The zero-order chi connectivity index (χ0) is 28.8. The highest BCUT2D eigenvalue weighted by Gasteiger charge is 2.30. The molecule has 0 saturated heterocycles. The molecule has 42 heavy (non-hydrogen) atoms. The number of aromatic nitrogens is 5. The molecule has 11 heteroatoms. The summed E-state index contributed by atoms with van der Waals surface area (Å²) in [5, 5.41) is 4.98. The second kappa shape index (κ2) is 9.88. The van der Waals surface area contributed by atoms with Crippen molar-refractivity contribution < 1.29 is 22.3 Å². The van der Waals surface area contributed by atoms with E-state index in [1.165, 1.54) is 16.7 Å². The zero-order valence-corrected chi connectivity index (χ0v) is 21.7. The summed E-state index contributed by atoms with van der Waals surface area (Å²) < 4.78 is 60.7. The van der Waals surface area contributed by atoms with Crippen molar-refractivity contribution in [1.29, 1.82) is 0 Å². The molecule has 3 heterocycles. The van der Waals surface area contributed by atoms with Crippen LogP contribution in [0.25, 0.3) is 44.4 Å². The summed E-state index contributed by atoms with van der Waals surface area (Å²) >= 11 is 0. The molecule has 7 nitrogen and oxygen atoms in total. The number of halogens is 4. The van der Waals surface area contributed by atoms with Crippen LogP contribution in [0.15, 0.2) is 97.2 Å². The molecule has 3 aromatic heterocycles. The maximum absolute atomic E-state index is 14.0. The number of nitrogens with one attached hydrogen (secondary N) is 2. The van der Waals surface area contributed by atoms with E-state index < -0.39 is 18.5 Å². The van der Waals surface area contributed by atoms with Crippen molar-refractivity contribution in [3.8, 4) is 23.0 Å². The predicted molar refractivity (Wildman–Crippen MR) is 152 cm³/mol. The number of aromatic amines is 1. The summed E-state index contributed by atoms with van der Waals surface area (Å²) in [5.74, 6) is 1.59. The molecular weight excluding hydrogens is 548 g/mol. The Balaban J connectivity index is 1.16. The fourth-order valence-corrected chi connectivity index (χ4v) is 4.85. The van der Waals surface area contributed by atoms with E-state index in [2.05, 4.69) is 20.3 Å². The standard InChI is InChI=1S/C31H20F4N6O/c32-17-41-28-9-8-22(15-26(28)40-30(41)37-21-7-3-6-20(14-21)31(33,34)35)42-23-10-11-36-27(16-23)29-38-24-12-18-4-1-2-5-19(18)13-25(24)39-29/h1-16H,17H2,(H,37,40)(H,38,39). The smallest absolute Gasteiger partial charge is 0.416 e.